The van der Waals surface area contributed by atoms with Crippen LogP contribution in [-0.4, -0.2) is 51.1 Å². The van der Waals surface area contributed by atoms with E-state index in [1.165, 1.54) is 0 Å². The first-order valence-electron chi connectivity index (χ1n) is 10.6. The van der Waals surface area contributed by atoms with E-state index < -0.39 is 24.9 Å². The quantitative estimate of drug-likeness (QED) is 0.284. The number of carbonyl (C=O) groups is 1. The predicted octanol–water partition coefficient (Wildman–Crippen LogP) is 3.60. The fourth-order valence-electron chi connectivity index (χ4n) is 3.86. The van der Waals surface area contributed by atoms with Crippen molar-refractivity contribution in [2.45, 2.75) is 70.2 Å². The molecule has 0 bridgehead atoms. The van der Waals surface area contributed by atoms with Crippen LogP contribution >= 0.6 is 22.9 Å². The fourth-order valence-corrected chi connectivity index (χ4v) is 5.12. The van der Waals surface area contributed by atoms with Crippen LogP contribution in [0, 0.1) is 18.8 Å². The molecular weight excluding hydrogens is 424 g/mol. The van der Waals surface area contributed by atoms with Gasteiger partial charge in [-0.2, -0.15) is 0 Å². The number of aliphatic hydroxyl groups is 4. The second-order valence-electron chi connectivity index (χ2n) is 8.02. The van der Waals surface area contributed by atoms with E-state index in [-0.39, 0.29) is 17.6 Å². The van der Waals surface area contributed by atoms with Crippen LogP contribution in [0.15, 0.2) is 30.4 Å². The summed E-state index contributed by atoms with van der Waals surface area (Å²) in [7, 11) is 0. The maximum Gasteiger partial charge on any atom is 0.158 e. The summed E-state index contributed by atoms with van der Waals surface area (Å²) >= 11 is 7.72. The average Bonchev–Trinajstić information content (AvgIpc) is 3.17. The molecule has 0 spiro atoms. The molecule has 0 radical (unpaired) electrons. The molecule has 0 amide bonds. The monoisotopic (exact) mass is 456 g/mol. The third kappa shape index (κ3) is 7.91. The van der Waals surface area contributed by atoms with Crippen molar-refractivity contribution in [3.05, 3.63) is 45.1 Å². The van der Waals surface area contributed by atoms with Gasteiger partial charge in [0.1, 0.15) is 6.61 Å². The highest BCUT2D eigenvalue weighted by Gasteiger charge is 2.39. The zero-order chi connectivity index (χ0) is 22.1. The number of ketones is 1. The van der Waals surface area contributed by atoms with Crippen LogP contribution in [0.5, 0.6) is 0 Å². The fraction of sp³-hybridized carbons (Fsp3) is 0.609. The minimum atomic E-state index is -0.622. The van der Waals surface area contributed by atoms with E-state index in [1.54, 1.807) is 17.4 Å². The summed E-state index contributed by atoms with van der Waals surface area (Å²) in [6, 6.07) is 1.94. The van der Waals surface area contributed by atoms with Crippen LogP contribution in [-0.2, 0) is 11.2 Å². The Bertz CT molecular complexity index is 710. The van der Waals surface area contributed by atoms with Gasteiger partial charge in [-0.25, -0.2) is 0 Å². The van der Waals surface area contributed by atoms with Crippen LogP contribution in [0.25, 0.3) is 0 Å². The number of aliphatic hydroxyl groups excluding tert-OH is 4. The van der Waals surface area contributed by atoms with Gasteiger partial charge in [0.05, 0.1) is 23.3 Å². The average molecular weight is 457 g/mol. The number of aryl methyl sites for hydroxylation is 2. The van der Waals surface area contributed by atoms with Gasteiger partial charge in [0, 0.05) is 28.5 Å². The van der Waals surface area contributed by atoms with Crippen LogP contribution in [0.3, 0.4) is 0 Å². The van der Waals surface area contributed by atoms with Gasteiger partial charge < -0.3 is 20.4 Å². The van der Waals surface area contributed by atoms with Crippen molar-refractivity contribution in [3.63, 3.8) is 0 Å². The second kappa shape index (κ2) is 12.7. The summed E-state index contributed by atoms with van der Waals surface area (Å²) in [4.78, 5) is 13.3. The number of unbranched alkanes of at least 4 members (excludes halogenated alkanes) is 1. The zero-order valence-electron chi connectivity index (χ0n) is 17.4. The molecule has 1 saturated carbocycles. The summed E-state index contributed by atoms with van der Waals surface area (Å²) in [5.74, 6) is -0.454. The molecule has 0 aliphatic heterocycles. The van der Waals surface area contributed by atoms with Gasteiger partial charge in [-0.1, -0.05) is 35.9 Å². The maximum atomic E-state index is 11.1. The molecule has 5 nitrogen and oxygen atoms in total. The molecular formula is C23H33ClO5S. The number of rotatable bonds is 12. The number of hydrogen-bond acceptors (Lipinski definition) is 6. The standard InChI is InChI=1S/C23H33ClO5S/c1-15-21(24)12-18(30-15)10-8-16(26)9-11-20-19(22(28)13-23(20)29)7-5-3-2-4-6-17(27)14-25/h3,5,9,11-12,16,19-20,22-23,25-26,28-29H,2,4,6-8,10,13-14H2,1H3/b5-3+,11-9+. The van der Waals surface area contributed by atoms with Crippen molar-refractivity contribution >= 4 is 28.7 Å². The third-order valence-electron chi connectivity index (χ3n) is 5.64. The molecule has 1 aliphatic carbocycles. The summed E-state index contributed by atoms with van der Waals surface area (Å²) in [6.07, 6.45) is 9.79. The molecule has 30 heavy (non-hydrogen) atoms. The number of hydrogen-bond donors (Lipinski definition) is 4. The zero-order valence-corrected chi connectivity index (χ0v) is 19.0. The van der Waals surface area contributed by atoms with Gasteiger partial charge >= 0.3 is 0 Å². The van der Waals surface area contributed by atoms with Gasteiger partial charge in [-0.05, 0) is 51.0 Å². The smallest absolute Gasteiger partial charge is 0.158 e. The molecule has 0 aromatic carbocycles. The molecule has 1 fully saturated rings. The van der Waals surface area contributed by atoms with E-state index in [1.807, 2.05) is 31.2 Å². The predicted molar refractivity (Wildman–Crippen MR) is 121 cm³/mol. The van der Waals surface area contributed by atoms with Gasteiger partial charge in [-0.15, -0.1) is 11.3 Å². The molecule has 7 heteroatoms. The van der Waals surface area contributed by atoms with Crippen molar-refractivity contribution < 1.29 is 25.2 Å². The minimum Gasteiger partial charge on any atom is -0.393 e. The molecule has 4 N–H and O–H groups in total. The largest absolute Gasteiger partial charge is 0.393 e. The highest BCUT2D eigenvalue weighted by atomic mass is 35.5. The molecule has 1 aromatic rings. The molecule has 2 rings (SSSR count). The normalized spacial score (nSPS) is 25.5. The summed E-state index contributed by atoms with van der Waals surface area (Å²) < 4.78 is 0. The Morgan fingerprint density at radius 2 is 2.10 bits per heavy atom. The third-order valence-corrected chi connectivity index (χ3v) is 7.26. The van der Waals surface area contributed by atoms with E-state index in [0.717, 1.165) is 27.6 Å². The molecule has 0 saturated heterocycles. The van der Waals surface area contributed by atoms with Crippen molar-refractivity contribution in [3.8, 4) is 0 Å². The Balaban J connectivity index is 1.81. The lowest BCUT2D eigenvalue weighted by Gasteiger charge is -2.19. The lowest BCUT2D eigenvalue weighted by molar-refractivity contribution is -0.121. The van der Waals surface area contributed by atoms with Gasteiger partial charge in [0.2, 0.25) is 0 Å². The number of Topliss-reactive ketones (excluding diaryl/α,β-unsaturated/α-hetero) is 1. The molecule has 5 unspecified atom stereocenters. The maximum absolute atomic E-state index is 11.1. The number of allylic oxidation sites excluding steroid dienone is 2. The SMILES string of the molecule is Cc1sc(CCC(O)/C=C/C2C(O)CC(O)C2C/C=C/CCCC(=O)CO)cc1Cl. The van der Waals surface area contributed by atoms with E-state index in [4.69, 9.17) is 16.7 Å². The second-order valence-corrected chi connectivity index (χ2v) is 9.76. The van der Waals surface area contributed by atoms with E-state index in [9.17, 15) is 20.1 Å². The summed E-state index contributed by atoms with van der Waals surface area (Å²) in [6.45, 7) is 1.57. The van der Waals surface area contributed by atoms with Gasteiger partial charge in [0.25, 0.3) is 0 Å². The number of thiophene rings is 1. The molecule has 1 heterocycles. The van der Waals surface area contributed by atoms with Crippen molar-refractivity contribution in [2.75, 3.05) is 6.61 Å². The van der Waals surface area contributed by atoms with Crippen LogP contribution < -0.4 is 0 Å². The van der Waals surface area contributed by atoms with E-state index in [0.29, 0.717) is 32.1 Å². The Morgan fingerprint density at radius 3 is 2.77 bits per heavy atom. The minimum absolute atomic E-state index is 0.0995. The van der Waals surface area contributed by atoms with Crippen LogP contribution in [0.2, 0.25) is 5.02 Å². The Morgan fingerprint density at radius 1 is 1.33 bits per heavy atom. The molecule has 168 valence electrons. The van der Waals surface area contributed by atoms with Gasteiger partial charge in [0.15, 0.2) is 5.78 Å². The van der Waals surface area contributed by atoms with E-state index >= 15 is 0 Å². The first kappa shape index (κ1) is 25.2. The van der Waals surface area contributed by atoms with Crippen molar-refractivity contribution in [1.82, 2.24) is 0 Å². The topological polar surface area (TPSA) is 98.0 Å². The van der Waals surface area contributed by atoms with Gasteiger partial charge in [-0.3, -0.25) is 4.79 Å². The number of carbonyl (C=O) groups excluding carboxylic acids is 1. The molecule has 1 aromatic heterocycles. The Kier molecular flexibility index (Phi) is 10.7. The number of halogens is 1. The molecule has 1 aliphatic rings. The van der Waals surface area contributed by atoms with E-state index in [2.05, 4.69) is 0 Å². The Hall–Kier alpha value is -1.02. The first-order valence-corrected chi connectivity index (χ1v) is 11.8. The lowest BCUT2D eigenvalue weighted by atomic mass is 9.89. The Labute approximate surface area is 187 Å². The first-order chi connectivity index (χ1) is 14.3. The molecule has 5 atom stereocenters. The summed E-state index contributed by atoms with van der Waals surface area (Å²) in [5.41, 5.74) is 0. The highest BCUT2D eigenvalue weighted by molar-refractivity contribution is 7.12. The van der Waals surface area contributed by atoms with Crippen LogP contribution in [0.1, 0.15) is 48.3 Å². The lowest BCUT2D eigenvalue weighted by Crippen LogP contribution is -2.20. The van der Waals surface area contributed by atoms with Crippen molar-refractivity contribution in [1.29, 1.82) is 0 Å². The van der Waals surface area contributed by atoms with Crippen LogP contribution in [0.4, 0.5) is 0 Å². The van der Waals surface area contributed by atoms with Crippen molar-refractivity contribution in [2.24, 2.45) is 11.8 Å². The summed E-state index contributed by atoms with van der Waals surface area (Å²) in [5, 5.41) is 40.4. The highest BCUT2D eigenvalue weighted by Crippen LogP contribution is 2.36.